The molecule has 146 valence electrons. The molecular formula is C19H22F2N2O3S. The molecule has 0 aliphatic carbocycles. The predicted molar refractivity (Wildman–Crippen MR) is 100 cm³/mol. The fourth-order valence-electron chi connectivity index (χ4n) is 2.75. The lowest BCUT2D eigenvalue weighted by atomic mass is 10.1. The highest BCUT2D eigenvalue weighted by molar-refractivity contribution is 7.89. The standard InChI is InChI=1S/C19H22F2N2O3S/c1-4-22(5-2)27(25,26)16-11-12-18(21)17(13-16)19(24)23(6-3)15-9-7-14(20)8-10-15/h7-13H,4-6H2,1-3H3. The smallest absolute Gasteiger partial charge is 0.261 e. The van der Waals surface area contributed by atoms with Crippen LogP contribution in [0.25, 0.3) is 0 Å². The van der Waals surface area contributed by atoms with Crippen LogP contribution in [-0.4, -0.2) is 38.3 Å². The van der Waals surface area contributed by atoms with Crippen LogP contribution in [0.5, 0.6) is 0 Å². The van der Waals surface area contributed by atoms with Crippen LogP contribution in [0.15, 0.2) is 47.4 Å². The molecule has 27 heavy (non-hydrogen) atoms. The fourth-order valence-corrected chi connectivity index (χ4v) is 4.24. The van der Waals surface area contributed by atoms with Crippen LogP contribution in [-0.2, 0) is 10.0 Å². The first-order valence-corrected chi connectivity index (χ1v) is 10.1. The molecule has 0 N–H and O–H groups in total. The van der Waals surface area contributed by atoms with Gasteiger partial charge in [0.1, 0.15) is 11.6 Å². The molecule has 0 aliphatic heterocycles. The van der Waals surface area contributed by atoms with Gasteiger partial charge in [-0.3, -0.25) is 4.79 Å². The average molecular weight is 396 g/mol. The second-order valence-corrected chi connectivity index (χ2v) is 7.69. The van der Waals surface area contributed by atoms with E-state index in [1.165, 1.54) is 33.5 Å². The maximum atomic E-state index is 14.3. The van der Waals surface area contributed by atoms with E-state index in [0.717, 1.165) is 18.2 Å². The summed E-state index contributed by atoms with van der Waals surface area (Å²) < 4.78 is 54.0. The Bertz CT molecular complexity index is 911. The van der Waals surface area contributed by atoms with Crippen molar-refractivity contribution in [3.8, 4) is 0 Å². The summed E-state index contributed by atoms with van der Waals surface area (Å²) in [6.45, 7) is 5.81. The van der Waals surface area contributed by atoms with E-state index in [0.29, 0.717) is 5.69 Å². The summed E-state index contributed by atoms with van der Waals surface area (Å²) in [5.74, 6) is -1.97. The van der Waals surface area contributed by atoms with Crippen molar-refractivity contribution in [1.82, 2.24) is 4.31 Å². The van der Waals surface area contributed by atoms with E-state index in [-0.39, 0.29) is 30.1 Å². The Balaban J connectivity index is 2.48. The quantitative estimate of drug-likeness (QED) is 0.718. The van der Waals surface area contributed by atoms with Crippen molar-refractivity contribution in [1.29, 1.82) is 0 Å². The van der Waals surface area contributed by atoms with Crippen LogP contribution in [0.4, 0.5) is 14.5 Å². The highest BCUT2D eigenvalue weighted by Crippen LogP contribution is 2.23. The Kier molecular flexibility index (Phi) is 6.67. The molecule has 0 heterocycles. The van der Waals surface area contributed by atoms with E-state index in [2.05, 4.69) is 0 Å². The summed E-state index contributed by atoms with van der Waals surface area (Å²) >= 11 is 0. The molecule has 0 unspecified atom stereocenters. The van der Waals surface area contributed by atoms with E-state index in [9.17, 15) is 22.0 Å². The molecule has 0 aromatic heterocycles. The van der Waals surface area contributed by atoms with Crippen molar-refractivity contribution in [3.05, 3.63) is 59.7 Å². The number of benzene rings is 2. The molecule has 0 aliphatic rings. The number of rotatable bonds is 7. The zero-order valence-corrected chi connectivity index (χ0v) is 16.3. The van der Waals surface area contributed by atoms with Crippen molar-refractivity contribution in [3.63, 3.8) is 0 Å². The Hall–Kier alpha value is -2.32. The highest BCUT2D eigenvalue weighted by atomic mass is 32.2. The van der Waals surface area contributed by atoms with Crippen molar-refractivity contribution in [2.75, 3.05) is 24.5 Å². The first-order chi connectivity index (χ1) is 12.8. The van der Waals surface area contributed by atoms with Gasteiger partial charge >= 0.3 is 0 Å². The summed E-state index contributed by atoms with van der Waals surface area (Å²) in [6.07, 6.45) is 0. The first-order valence-electron chi connectivity index (χ1n) is 8.63. The second kappa shape index (κ2) is 8.58. The number of carbonyl (C=O) groups excluding carboxylic acids is 1. The van der Waals surface area contributed by atoms with E-state index in [1.54, 1.807) is 20.8 Å². The fraction of sp³-hybridized carbons (Fsp3) is 0.316. The maximum Gasteiger partial charge on any atom is 0.261 e. The Morgan fingerprint density at radius 2 is 1.52 bits per heavy atom. The molecule has 8 heteroatoms. The van der Waals surface area contributed by atoms with Crippen molar-refractivity contribution in [2.45, 2.75) is 25.7 Å². The lowest BCUT2D eigenvalue weighted by Crippen LogP contribution is -2.33. The van der Waals surface area contributed by atoms with E-state index >= 15 is 0 Å². The highest BCUT2D eigenvalue weighted by Gasteiger charge is 2.26. The number of anilines is 1. The molecule has 0 saturated heterocycles. The molecule has 0 saturated carbocycles. The molecule has 0 bridgehead atoms. The largest absolute Gasteiger partial charge is 0.309 e. The second-order valence-electron chi connectivity index (χ2n) is 5.76. The normalized spacial score (nSPS) is 11.6. The summed E-state index contributed by atoms with van der Waals surface area (Å²) in [5.41, 5.74) is 0.0368. The Morgan fingerprint density at radius 1 is 0.926 bits per heavy atom. The molecule has 0 fully saturated rings. The van der Waals surface area contributed by atoms with Gasteiger partial charge in [0.2, 0.25) is 10.0 Å². The van der Waals surface area contributed by atoms with Crippen LogP contribution < -0.4 is 4.90 Å². The SMILES string of the molecule is CCN(C(=O)c1cc(S(=O)(=O)N(CC)CC)ccc1F)c1ccc(F)cc1. The summed E-state index contributed by atoms with van der Waals surface area (Å²) in [6, 6.07) is 8.38. The third kappa shape index (κ3) is 4.33. The number of hydrogen-bond donors (Lipinski definition) is 0. The third-order valence-corrected chi connectivity index (χ3v) is 6.26. The molecule has 0 spiro atoms. The molecule has 1 amide bonds. The van der Waals surface area contributed by atoms with Gasteiger partial charge in [0, 0.05) is 25.3 Å². The molecule has 0 radical (unpaired) electrons. The molecular weight excluding hydrogens is 374 g/mol. The number of sulfonamides is 1. The number of amides is 1. The number of carbonyl (C=O) groups is 1. The van der Waals surface area contributed by atoms with Crippen molar-refractivity contribution < 1.29 is 22.0 Å². The van der Waals surface area contributed by atoms with Gasteiger partial charge in [0.25, 0.3) is 5.91 Å². The van der Waals surface area contributed by atoms with Gasteiger partial charge in [0.15, 0.2) is 0 Å². The number of nitrogens with zero attached hydrogens (tertiary/aromatic N) is 2. The van der Waals surface area contributed by atoms with Crippen molar-refractivity contribution in [2.24, 2.45) is 0 Å². The minimum atomic E-state index is -3.83. The summed E-state index contributed by atoms with van der Waals surface area (Å²) in [7, 11) is -3.83. The van der Waals surface area contributed by atoms with E-state index < -0.39 is 27.6 Å². The van der Waals surface area contributed by atoms with Gasteiger partial charge in [-0.15, -0.1) is 0 Å². The van der Waals surface area contributed by atoms with Gasteiger partial charge in [-0.05, 0) is 49.4 Å². The van der Waals surface area contributed by atoms with E-state index in [1.807, 2.05) is 0 Å². The van der Waals surface area contributed by atoms with Crippen molar-refractivity contribution >= 4 is 21.6 Å². The predicted octanol–water partition coefficient (Wildman–Crippen LogP) is 3.66. The zero-order valence-electron chi connectivity index (χ0n) is 15.4. The minimum Gasteiger partial charge on any atom is -0.309 e. The van der Waals surface area contributed by atoms with E-state index in [4.69, 9.17) is 0 Å². The molecule has 5 nitrogen and oxygen atoms in total. The lowest BCUT2D eigenvalue weighted by molar-refractivity contribution is 0.0984. The lowest BCUT2D eigenvalue weighted by Gasteiger charge is -2.22. The Morgan fingerprint density at radius 3 is 2.04 bits per heavy atom. The third-order valence-electron chi connectivity index (χ3n) is 4.21. The van der Waals surface area contributed by atoms with Crippen LogP contribution in [0.2, 0.25) is 0 Å². The Labute approximate surface area is 158 Å². The summed E-state index contributed by atoms with van der Waals surface area (Å²) in [4.78, 5) is 14.0. The van der Waals surface area contributed by atoms with Gasteiger partial charge in [-0.1, -0.05) is 13.8 Å². The molecule has 0 atom stereocenters. The maximum absolute atomic E-state index is 14.3. The van der Waals surface area contributed by atoms with Gasteiger partial charge in [-0.25, -0.2) is 17.2 Å². The number of hydrogen-bond acceptors (Lipinski definition) is 3. The minimum absolute atomic E-state index is 0.147. The van der Waals surface area contributed by atoms with Gasteiger partial charge in [-0.2, -0.15) is 4.31 Å². The van der Waals surface area contributed by atoms with Crippen LogP contribution in [0, 0.1) is 11.6 Å². The average Bonchev–Trinajstić information content (AvgIpc) is 2.64. The molecule has 2 aromatic carbocycles. The van der Waals surface area contributed by atoms with Gasteiger partial charge in [0.05, 0.1) is 10.5 Å². The zero-order chi connectivity index (χ0) is 20.2. The summed E-state index contributed by atoms with van der Waals surface area (Å²) in [5, 5.41) is 0. The molecule has 2 aromatic rings. The number of halogens is 2. The first kappa shape index (κ1) is 21.0. The molecule has 2 rings (SSSR count). The van der Waals surface area contributed by atoms with Crippen LogP contribution in [0.1, 0.15) is 31.1 Å². The van der Waals surface area contributed by atoms with Gasteiger partial charge < -0.3 is 4.90 Å². The van der Waals surface area contributed by atoms with Crippen LogP contribution >= 0.6 is 0 Å². The van der Waals surface area contributed by atoms with Crippen LogP contribution in [0.3, 0.4) is 0 Å². The monoisotopic (exact) mass is 396 g/mol. The topological polar surface area (TPSA) is 57.7 Å².